The van der Waals surface area contributed by atoms with Crippen LogP contribution in [-0.4, -0.2) is 58.2 Å². The maximum absolute atomic E-state index is 12.7. The Morgan fingerprint density at radius 3 is 2.52 bits per heavy atom. The van der Waals surface area contributed by atoms with Crippen LogP contribution in [0.25, 0.3) is 5.69 Å². The molecule has 1 amide bonds. The second-order valence-corrected chi connectivity index (χ2v) is 7.08. The van der Waals surface area contributed by atoms with Crippen LogP contribution in [0.3, 0.4) is 0 Å². The van der Waals surface area contributed by atoms with Crippen LogP contribution in [0, 0.1) is 0 Å². The van der Waals surface area contributed by atoms with E-state index in [1.807, 2.05) is 55.4 Å². The zero-order valence-electron chi connectivity index (χ0n) is 17.3. The van der Waals surface area contributed by atoms with Gasteiger partial charge in [0, 0.05) is 25.2 Å². The first-order chi connectivity index (χ1) is 14.0. The van der Waals surface area contributed by atoms with Crippen LogP contribution >= 0.6 is 0 Å². The van der Waals surface area contributed by atoms with E-state index in [2.05, 4.69) is 29.1 Å². The molecule has 0 saturated carbocycles. The number of aromatic nitrogens is 3. The summed E-state index contributed by atoms with van der Waals surface area (Å²) in [7, 11) is 5.43. The minimum absolute atomic E-state index is 0.0597. The van der Waals surface area contributed by atoms with Crippen LogP contribution in [0.1, 0.15) is 24.1 Å². The highest BCUT2D eigenvalue weighted by Crippen LogP contribution is 2.21. The molecular weight excluding hydrogens is 366 g/mol. The molecule has 2 aromatic carbocycles. The van der Waals surface area contributed by atoms with E-state index in [-0.39, 0.29) is 11.9 Å². The van der Waals surface area contributed by atoms with Gasteiger partial charge in [0.1, 0.15) is 18.4 Å². The van der Waals surface area contributed by atoms with E-state index in [9.17, 15) is 4.79 Å². The molecule has 7 nitrogen and oxygen atoms in total. The van der Waals surface area contributed by atoms with Gasteiger partial charge in [-0.25, -0.2) is 9.67 Å². The molecule has 0 spiro atoms. The van der Waals surface area contributed by atoms with Crippen molar-refractivity contribution in [3.8, 4) is 11.4 Å². The highest BCUT2D eigenvalue weighted by atomic mass is 16.5. The second-order valence-electron chi connectivity index (χ2n) is 7.08. The summed E-state index contributed by atoms with van der Waals surface area (Å²) in [5, 5.41) is 4.14. The van der Waals surface area contributed by atoms with Crippen molar-refractivity contribution >= 4 is 5.91 Å². The zero-order valence-corrected chi connectivity index (χ0v) is 17.3. The summed E-state index contributed by atoms with van der Waals surface area (Å²) in [6.45, 7) is 2.94. The minimum Gasteiger partial charge on any atom is -0.496 e. The highest BCUT2D eigenvalue weighted by molar-refractivity contribution is 5.78. The Kier molecular flexibility index (Phi) is 6.61. The molecule has 1 unspecified atom stereocenters. The number of hydrogen-bond donors (Lipinski definition) is 0. The molecule has 0 fully saturated rings. The summed E-state index contributed by atoms with van der Waals surface area (Å²) in [4.78, 5) is 20.5. The number of rotatable bonds is 8. The number of carbonyl (C=O) groups excluding carboxylic acids is 1. The number of carbonyl (C=O) groups is 1. The fourth-order valence-corrected chi connectivity index (χ4v) is 3.15. The molecule has 0 bridgehead atoms. The van der Waals surface area contributed by atoms with Crippen molar-refractivity contribution in [3.63, 3.8) is 0 Å². The van der Waals surface area contributed by atoms with Crippen LogP contribution in [0.2, 0.25) is 0 Å². The summed E-state index contributed by atoms with van der Waals surface area (Å²) >= 11 is 0. The molecule has 3 aromatic rings. The van der Waals surface area contributed by atoms with E-state index < -0.39 is 0 Å². The van der Waals surface area contributed by atoms with E-state index in [1.54, 1.807) is 23.0 Å². The molecule has 29 heavy (non-hydrogen) atoms. The van der Waals surface area contributed by atoms with Gasteiger partial charge in [0.25, 0.3) is 0 Å². The molecule has 0 N–H and O–H groups in total. The fourth-order valence-electron chi connectivity index (χ4n) is 3.15. The van der Waals surface area contributed by atoms with Crippen LogP contribution in [-0.2, 0) is 11.3 Å². The summed E-state index contributed by atoms with van der Waals surface area (Å²) in [5.74, 6) is 0.853. The van der Waals surface area contributed by atoms with Gasteiger partial charge >= 0.3 is 0 Å². The van der Waals surface area contributed by atoms with Crippen molar-refractivity contribution in [1.82, 2.24) is 24.6 Å². The maximum Gasteiger partial charge on any atom is 0.236 e. The highest BCUT2D eigenvalue weighted by Gasteiger charge is 2.18. The van der Waals surface area contributed by atoms with Crippen LogP contribution < -0.4 is 4.74 Å². The molecule has 1 atom stereocenters. The number of amides is 1. The normalized spacial score (nSPS) is 12.0. The number of ether oxygens (including phenoxy) is 1. The monoisotopic (exact) mass is 393 g/mol. The van der Waals surface area contributed by atoms with Gasteiger partial charge in [-0.3, -0.25) is 9.69 Å². The molecule has 1 aromatic heterocycles. The predicted octanol–water partition coefficient (Wildman–Crippen LogP) is 2.93. The molecule has 0 aliphatic carbocycles. The Morgan fingerprint density at radius 2 is 1.86 bits per heavy atom. The summed E-state index contributed by atoms with van der Waals surface area (Å²) < 4.78 is 7.10. The molecule has 3 rings (SSSR count). The first kappa shape index (κ1) is 20.5. The molecule has 7 heteroatoms. The zero-order chi connectivity index (χ0) is 20.8. The Bertz CT molecular complexity index is 925. The summed E-state index contributed by atoms with van der Waals surface area (Å²) in [6, 6.07) is 16.0. The third-order valence-corrected chi connectivity index (χ3v) is 5.13. The van der Waals surface area contributed by atoms with E-state index >= 15 is 0 Å². The van der Waals surface area contributed by atoms with Gasteiger partial charge in [-0.2, -0.15) is 5.10 Å². The molecular formula is C22H27N5O2. The summed E-state index contributed by atoms with van der Waals surface area (Å²) in [5.41, 5.74) is 3.08. The van der Waals surface area contributed by atoms with Crippen molar-refractivity contribution in [3.05, 3.63) is 72.3 Å². The van der Waals surface area contributed by atoms with Crippen LogP contribution in [0.4, 0.5) is 0 Å². The molecule has 0 aliphatic rings. The smallest absolute Gasteiger partial charge is 0.236 e. The molecule has 0 radical (unpaired) electrons. The Hall–Kier alpha value is -3.19. The number of nitrogens with zero attached hydrogens (tertiary/aromatic N) is 5. The van der Waals surface area contributed by atoms with Gasteiger partial charge in [-0.05, 0) is 37.7 Å². The number of likely N-dealkylation sites (N-methyl/N-ethyl adjacent to an activating group) is 2. The molecule has 1 heterocycles. The van der Waals surface area contributed by atoms with Crippen molar-refractivity contribution in [2.24, 2.45) is 0 Å². The lowest BCUT2D eigenvalue weighted by atomic mass is 10.1. The van der Waals surface area contributed by atoms with Gasteiger partial charge < -0.3 is 9.64 Å². The third kappa shape index (κ3) is 5.00. The summed E-state index contributed by atoms with van der Waals surface area (Å²) in [6.07, 6.45) is 3.18. The molecule has 152 valence electrons. The van der Waals surface area contributed by atoms with Crippen LogP contribution in [0.15, 0.2) is 61.2 Å². The van der Waals surface area contributed by atoms with E-state index in [1.165, 1.54) is 6.33 Å². The first-order valence-electron chi connectivity index (χ1n) is 9.50. The van der Waals surface area contributed by atoms with Gasteiger partial charge in [0.15, 0.2) is 0 Å². The van der Waals surface area contributed by atoms with Gasteiger partial charge in [0.05, 0.1) is 19.3 Å². The molecule has 0 aliphatic heterocycles. The van der Waals surface area contributed by atoms with Crippen LogP contribution in [0.5, 0.6) is 5.75 Å². The number of para-hydroxylation sites is 1. The first-order valence-corrected chi connectivity index (χ1v) is 9.50. The van der Waals surface area contributed by atoms with Crippen molar-refractivity contribution in [2.45, 2.75) is 19.5 Å². The van der Waals surface area contributed by atoms with E-state index in [4.69, 9.17) is 4.74 Å². The Morgan fingerprint density at radius 1 is 1.14 bits per heavy atom. The lowest BCUT2D eigenvalue weighted by molar-refractivity contribution is -0.131. The minimum atomic E-state index is 0.0597. The number of methoxy groups -OCH3 is 1. The van der Waals surface area contributed by atoms with Crippen molar-refractivity contribution < 1.29 is 9.53 Å². The van der Waals surface area contributed by atoms with Crippen molar-refractivity contribution in [1.29, 1.82) is 0 Å². The average molecular weight is 393 g/mol. The molecule has 0 saturated heterocycles. The third-order valence-electron chi connectivity index (χ3n) is 5.13. The topological polar surface area (TPSA) is 63.5 Å². The van der Waals surface area contributed by atoms with Crippen molar-refractivity contribution in [2.75, 3.05) is 27.7 Å². The largest absolute Gasteiger partial charge is 0.496 e. The van der Waals surface area contributed by atoms with Gasteiger partial charge in [-0.1, -0.05) is 30.3 Å². The average Bonchev–Trinajstić information content (AvgIpc) is 3.28. The maximum atomic E-state index is 12.7. The Balaban J connectivity index is 1.59. The quantitative estimate of drug-likeness (QED) is 0.589. The van der Waals surface area contributed by atoms with E-state index in [0.717, 1.165) is 22.6 Å². The SMILES string of the molecule is COc1ccccc1CN(C)C(=O)CN(C)C(C)c1ccc(-n2cncn2)cc1. The Labute approximate surface area is 171 Å². The standard InChI is InChI=1S/C22H27N5O2/c1-17(18-9-11-20(12-10-18)27-16-23-15-24-27)25(2)14-22(28)26(3)13-19-7-5-6-8-21(19)29-4/h5-12,15-17H,13-14H2,1-4H3. The number of benzene rings is 2. The lowest BCUT2D eigenvalue weighted by Crippen LogP contribution is -2.37. The number of hydrogen-bond acceptors (Lipinski definition) is 5. The van der Waals surface area contributed by atoms with Gasteiger partial charge in [0.2, 0.25) is 5.91 Å². The predicted molar refractivity (Wildman–Crippen MR) is 112 cm³/mol. The lowest BCUT2D eigenvalue weighted by Gasteiger charge is -2.27. The fraction of sp³-hybridized carbons (Fsp3) is 0.318. The van der Waals surface area contributed by atoms with Gasteiger partial charge in [-0.15, -0.1) is 0 Å². The second kappa shape index (κ2) is 9.34. The van der Waals surface area contributed by atoms with E-state index in [0.29, 0.717) is 13.1 Å².